The fraction of sp³-hybridized carbons (Fsp3) is 0.571. The van der Waals surface area contributed by atoms with E-state index in [0.717, 1.165) is 0 Å². The van der Waals surface area contributed by atoms with E-state index in [4.69, 9.17) is 20.9 Å². The summed E-state index contributed by atoms with van der Waals surface area (Å²) in [5, 5.41) is 0.410. The largest absolute Gasteiger partial charge is 0.495 e. The highest BCUT2D eigenvalue weighted by Gasteiger charge is 2.52. The molecule has 0 atom stereocenters. The summed E-state index contributed by atoms with van der Waals surface area (Å²) in [7, 11) is -3.82. The van der Waals surface area contributed by atoms with Crippen LogP contribution in [0.4, 0.5) is 0 Å². The van der Waals surface area contributed by atoms with Crippen molar-refractivity contribution in [1.82, 2.24) is 0 Å². The molecule has 2 rings (SSSR count). The number of benzene rings is 1. The van der Waals surface area contributed by atoms with Crippen LogP contribution in [0.5, 0.6) is 0 Å². The van der Waals surface area contributed by atoms with Gasteiger partial charge in [0.2, 0.25) is 0 Å². The summed E-state index contributed by atoms with van der Waals surface area (Å²) in [6, 6.07) is 5.25. The van der Waals surface area contributed by atoms with Crippen molar-refractivity contribution in [1.29, 1.82) is 0 Å². The van der Waals surface area contributed by atoms with E-state index in [0.29, 0.717) is 16.0 Å². The quantitative estimate of drug-likeness (QED) is 0.797. The molecule has 0 saturated carbocycles. The molecule has 0 N–H and O–H groups in total. The minimum absolute atomic E-state index is 0.133. The van der Waals surface area contributed by atoms with Crippen LogP contribution in [0, 0.1) is 0 Å². The molecule has 0 unspecified atom stereocenters. The molecule has 1 aromatic carbocycles. The van der Waals surface area contributed by atoms with Crippen LogP contribution >= 0.6 is 11.6 Å². The molecule has 1 aromatic rings. The van der Waals surface area contributed by atoms with Crippen molar-refractivity contribution in [2.75, 3.05) is 6.26 Å². The second-order valence-corrected chi connectivity index (χ2v) is 9.01. The third-order valence-electron chi connectivity index (χ3n) is 4.07. The fourth-order valence-electron chi connectivity index (χ4n) is 2.18. The van der Waals surface area contributed by atoms with Crippen molar-refractivity contribution in [2.45, 2.75) is 44.6 Å². The highest BCUT2D eigenvalue weighted by molar-refractivity contribution is 7.89. The number of sulfone groups is 1. The molecule has 7 heteroatoms. The zero-order valence-corrected chi connectivity index (χ0v) is 14.5. The number of hydrogen-bond donors (Lipinski definition) is 0. The summed E-state index contributed by atoms with van der Waals surface area (Å²) in [5.74, 6) is -0.133. The van der Waals surface area contributed by atoms with Crippen LogP contribution in [0.3, 0.4) is 0 Å². The van der Waals surface area contributed by atoms with Crippen LogP contribution in [-0.4, -0.2) is 33.0 Å². The third kappa shape index (κ3) is 3.45. The molecule has 0 spiro atoms. The highest BCUT2D eigenvalue weighted by atomic mass is 35.5. The summed E-state index contributed by atoms with van der Waals surface area (Å²) in [6.45, 7) is 7.81. The van der Waals surface area contributed by atoms with Gasteiger partial charge in [-0.1, -0.05) is 23.7 Å². The van der Waals surface area contributed by atoms with Gasteiger partial charge in [-0.2, -0.15) is 0 Å². The van der Waals surface area contributed by atoms with Crippen molar-refractivity contribution in [3.8, 4) is 0 Å². The Bertz CT molecular complexity index is 639. The zero-order chi connectivity index (χ0) is 16.1. The van der Waals surface area contributed by atoms with Gasteiger partial charge in [0, 0.05) is 11.3 Å². The Labute approximate surface area is 131 Å². The summed E-state index contributed by atoms with van der Waals surface area (Å²) in [5.41, 5.74) is 0.247. The molecule has 0 aliphatic carbocycles. The fourth-order valence-corrected chi connectivity index (χ4v) is 3.36. The average molecular weight is 331 g/mol. The van der Waals surface area contributed by atoms with Gasteiger partial charge in [0.05, 0.1) is 17.0 Å². The standard InChI is InChI=1S/C14H20BClO4S/c1-13(2)14(3,4)20-15(19-13)11-7-6-8-12(16)10(11)9-21(5,17)18/h6-8H,9H2,1-5H3. The SMILES string of the molecule is CC1(C)OB(c2cccc(Cl)c2CS(C)(=O)=O)OC1(C)C. The van der Waals surface area contributed by atoms with E-state index < -0.39 is 28.2 Å². The Morgan fingerprint density at radius 2 is 1.67 bits per heavy atom. The first-order valence-electron chi connectivity index (χ1n) is 6.74. The molecule has 1 fully saturated rings. The van der Waals surface area contributed by atoms with Gasteiger partial charge in [0.25, 0.3) is 0 Å². The van der Waals surface area contributed by atoms with Crippen LogP contribution in [0.1, 0.15) is 33.3 Å². The lowest BCUT2D eigenvalue weighted by atomic mass is 9.76. The van der Waals surface area contributed by atoms with Gasteiger partial charge in [-0.05, 0) is 44.8 Å². The van der Waals surface area contributed by atoms with E-state index in [1.54, 1.807) is 18.2 Å². The first-order valence-corrected chi connectivity index (χ1v) is 9.17. The molecule has 0 aromatic heterocycles. The molecular formula is C14H20BClO4S. The topological polar surface area (TPSA) is 52.6 Å². The van der Waals surface area contributed by atoms with Crippen LogP contribution in [-0.2, 0) is 24.9 Å². The van der Waals surface area contributed by atoms with Crippen LogP contribution in [0.2, 0.25) is 5.02 Å². The molecule has 1 aliphatic heterocycles. The molecule has 1 saturated heterocycles. The minimum Gasteiger partial charge on any atom is -0.399 e. The second kappa shape index (κ2) is 5.27. The highest BCUT2D eigenvalue weighted by Crippen LogP contribution is 2.37. The summed E-state index contributed by atoms with van der Waals surface area (Å²) in [4.78, 5) is 0. The van der Waals surface area contributed by atoms with Gasteiger partial charge >= 0.3 is 7.12 Å². The molecule has 4 nitrogen and oxygen atoms in total. The third-order valence-corrected chi connectivity index (χ3v) is 5.24. The van der Waals surface area contributed by atoms with Gasteiger partial charge in [0.1, 0.15) is 0 Å². The van der Waals surface area contributed by atoms with E-state index in [-0.39, 0.29) is 5.75 Å². The van der Waals surface area contributed by atoms with Gasteiger partial charge in [-0.3, -0.25) is 0 Å². The maximum atomic E-state index is 11.6. The lowest BCUT2D eigenvalue weighted by molar-refractivity contribution is 0.00578. The van der Waals surface area contributed by atoms with Crippen molar-refractivity contribution in [3.05, 3.63) is 28.8 Å². The Kier molecular flexibility index (Phi) is 4.21. The molecule has 21 heavy (non-hydrogen) atoms. The Morgan fingerprint density at radius 3 is 2.14 bits per heavy atom. The van der Waals surface area contributed by atoms with E-state index in [1.165, 1.54) is 6.26 Å². The number of halogens is 1. The molecule has 0 amide bonds. The maximum absolute atomic E-state index is 11.6. The monoisotopic (exact) mass is 330 g/mol. The Hall–Kier alpha value is -0.555. The molecule has 0 radical (unpaired) electrons. The lowest BCUT2D eigenvalue weighted by Gasteiger charge is -2.32. The van der Waals surface area contributed by atoms with Gasteiger partial charge < -0.3 is 9.31 Å². The van der Waals surface area contributed by atoms with Crippen molar-refractivity contribution in [3.63, 3.8) is 0 Å². The molecule has 1 heterocycles. The summed E-state index contributed by atoms with van der Waals surface area (Å²) >= 11 is 6.18. The first-order chi connectivity index (χ1) is 9.43. The second-order valence-electron chi connectivity index (χ2n) is 6.47. The van der Waals surface area contributed by atoms with Crippen molar-refractivity contribution < 1.29 is 17.7 Å². The zero-order valence-electron chi connectivity index (χ0n) is 12.9. The minimum atomic E-state index is -3.20. The van der Waals surface area contributed by atoms with Crippen molar-refractivity contribution in [2.24, 2.45) is 0 Å². The molecule has 0 bridgehead atoms. The Morgan fingerprint density at radius 1 is 1.14 bits per heavy atom. The van der Waals surface area contributed by atoms with Crippen molar-refractivity contribution >= 4 is 34.0 Å². The van der Waals surface area contributed by atoms with Gasteiger partial charge in [-0.15, -0.1) is 0 Å². The van der Waals surface area contributed by atoms with Crippen LogP contribution < -0.4 is 5.46 Å². The predicted octanol–water partition coefficient (Wildman–Crippen LogP) is 2.18. The van der Waals surface area contributed by atoms with E-state index >= 15 is 0 Å². The van der Waals surface area contributed by atoms with Crippen LogP contribution in [0.25, 0.3) is 0 Å². The van der Waals surface area contributed by atoms with E-state index in [2.05, 4.69) is 0 Å². The van der Waals surface area contributed by atoms with E-state index in [1.807, 2.05) is 27.7 Å². The Balaban J connectivity index is 2.45. The van der Waals surface area contributed by atoms with E-state index in [9.17, 15) is 8.42 Å². The predicted molar refractivity (Wildman–Crippen MR) is 85.7 cm³/mol. The molecule has 1 aliphatic rings. The average Bonchev–Trinajstić information content (AvgIpc) is 2.49. The number of hydrogen-bond acceptors (Lipinski definition) is 4. The first kappa shape index (κ1) is 16.8. The maximum Gasteiger partial charge on any atom is 0.495 e. The summed E-state index contributed by atoms with van der Waals surface area (Å²) in [6.07, 6.45) is 1.18. The summed E-state index contributed by atoms with van der Waals surface area (Å²) < 4.78 is 35.2. The lowest BCUT2D eigenvalue weighted by Crippen LogP contribution is -2.41. The molecule has 116 valence electrons. The molecular weight excluding hydrogens is 310 g/mol. The van der Waals surface area contributed by atoms with Crippen LogP contribution in [0.15, 0.2) is 18.2 Å². The van der Waals surface area contributed by atoms with Gasteiger partial charge in [0.15, 0.2) is 9.84 Å². The van der Waals surface area contributed by atoms with Gasteiger partial charge in [-0.25, -0.2) is 8.42 Å². The number of rotatable bonds is 3. The normalized spacial score (nSPS) is 20.8. The smallest absolute Gasteiger partial charge is 0.399 e.